The third-order valence-corrected chi connectivity index (χ3v) is 1.91. The Hall–Kier alpha value is -1.35. The summed E-state index contributed by atoms with van der Waals surface area (Å²) in [5.74, 6) is 0. The van der Waals surface area contributed by atoms with Crippen molar-refractivity contribution in [2.75, 3.05) is 0 Å². The fourth-order valence-electron chi connectivity index (χ4n) is 1.28. The lowest BCUT2D eigenvalue weighted by atomic mass is 10.2. The Kier molecular flexibility index (Phi) is 1.59. The summed E-state index contributed by atoms with van der Waals surface area (Å²) in [6.07, 6.45) is 3.10. The van der Waals surface area contributed by atoms with Gasteiger partial charge in [-0.25, -0.2) is 4.52 Å². The molecular formula is C9H10N2O. The van der Waals surface area contributed by atoms with Crippen molar-refractivity contribution in [3.63, 3.8) is 0 Å². The van der Waals surface area contributed by atoms with Gasteiger partial charge in [0.05, 0.1) is 17.8 Å². The van der Waals surface area contributed by atoms with Gasteiger partial charge in [-0.3, -0.25) is 0 Å². The number of fused-ring (bicyclic) bond motifs is 1. The van der Waals surface area contributed by atoms with Crippen LogP contribution in [0.4, 0.5) is 0 Å². The van der Waals surface area contributed by atoms with Crippen LogP contribution in [0.1, 0.15) is 18.6 Å². The molecule has 0 aliphatic rings. The highest BCUT2D eigenvalue weighted by Gasteiger charge is 2.06. The number of nitrogens with zero attached hydrogens (tertiary/aromatic N) is 2. The molecule has 0 amide bonds. The van der Waals surface area contributed by atoms with Gasteiger partial charge in [-0.05, 0) is 19.1 Å². The highest BCUT2D eigenvalue weighted by Crippen LogP contribution is 2.17. The second-order valence-corrected chi connectivity index (χ2v) is 2.81. The van der Waals surface area contributed by atoms with E-state index in [9.17, 15) is 5.11 Å². The Morgan fingerprint density at radius 2 is 2.33 bits per heavy atom. The molecule has 1 N–H and O–H groups in total. The van der Waals surface area contributed by atoms with Crippen LogP contribution in [0.25, 0.3) is 5.52 Å². The number of aliphatic hydroxyl groups is 1. The predicted molar refractivity (Wildman–Crippen MR) is 45.8 cm³/mol. The third-order valence-electron chi connectivity index (χ3n) is 1.91. The lowest BCUT2D eigenvalue weighted by Gasteiger charge is -1.99. The monoisotopic (exact) mass is 162 g/mol. The largest absolute Gasteiger partial charge is 0.389 e. The number of hydrogen-bond donors (Lipinski definition) is 1. The summed E-state index contributed by atoms with van der Waals surface area (Å²) in [4.78, 5) is 0. The van der Waals surface area contributed by atoms with E-state index < -0.39 is 6.10 Å². The molecule has 0 aliphatic heterocycles. The molecule has 0 saturated heterocycles. The van der Waals surface area contributed by atoms with E-state index in [2.05, 4.69) is 5.10 Å². The first-order chi connectivity index (χ1) is 5.79. The molecule has 0 bridgehead atoms. The summed E-state index contributed by atoms with van der Waals surface area (Å²) in [5, 5.41) is 13.5. The molecule has 0 fully saturated rings. The molecule has 1 atom stereocenters. The maximum atomic E-state index is 9.36. The predicted octanol–water partition coefficient (Wildman–Crippen LogP) is 1.39. The molecule has 0 saturated carbocycles. The number of rotatable bonds is 1. The Balaban J connectivity index is 2.70. The summed E-state index contributed by atoms with van der Waals surface area (Å²) in [7, 11) is 0. The van der Waals surface area contributed by atoms with Crippen LogP contribution in [0.2, 0.25) is 0 Å². The van der Waals surface area contributed by atoms with E-state index in [0.29, 0.717) is 0 Å². The van der Waals surface area contributed by atoms with Crippen LogP contribution < -0.4 is 0 Å². The van der Waals surface area contributed by atoms with Crippen molar-refractivity contribution < 1.29 is 5.11 Å². The summed E-state index contributed by atoms with van der Waals surface area (Å²) in [5.41, 5.74) is 1.84. The van der Waals surface area contributed by atoms with Gasteiger partial charge in [0.2, 0.25) is 0 Å². The summed E-state index contributed by atoms with van der Waals surface area (Å²) >= 11 is 0. The normalized spacial score (nSPS) is 13.5. The zero-order chi connectivity index (χ0) is 8.55. The first-order valence-electron chi connectivity index (χ1n) is 3.89. The van der Waals surface area contributed by atoms with Crippen LogP contribution in [-0.4, -0.2) is 14.7 Å². The lowest BCUT2D eigenvalue weighted by Crippen LogP contribution is -1.89. The Bertz CT molecular complexity index is 392. The lowest BCUT2D eigenvalue weighted by molar-refractivity contribution is 0.201. The Morgan fingerprint density at radius 1 is 1.50 bits per heavy atom. The Labute approximate surface area is 70.3 Å². The highest BCUT2D eigenvalue weighted by atomic mass is 16.3. The van der Waals surface area contributed by atoms with Crippen LogP contribution in [0.3, 0.4) is 0 Å². The molecule has 0 spiro atoms. The molecule has 62 valence electrons. The maximum absolute atomic E-state index is 9.36. The van der Waals surface area contributed by atoms with E-state index in [1.165, 1.54) is 0 Å². The molecule has 2 aromatic heterocycles. The van der Waals surface area contributed by atoms with Crippen LogP contribution >= 0.6 is 0 Å². The summed E-state index contributed by atoms with van der Waals surface area (Å²) < 4.78 is 1.75. The van der Waals surface area contributed by atoms with Gasteiger partial charge >= 0.3 is 0 Å². The van der Waals surface area contributed by atoms with E-state index in [-0.39, 0.29) is 0 Å². The molecule has 3 heteroatoms. The molecule has 1 unspecified atom stereocenters. The Morgan fingerprint density at radius 3 is 3.08 bits per heavy atom. The van der Waals surface area contributed by atoms with Gasteiger partial charge in [0.1, 0.15) is 0 Å². The van der Waals surface area contributed by atoms with Crippen LogP contribution in [0.5, 0.6) is 0 Å². The van der Waals surface area contributed by atoms with E-state index in [0.717, 1.165) is 11.1 Å². The van der Waals surface area contributed by atoms with Gasteiger partial charge < -0.3 is 5.11 Å². The van der Waals surface area contributed by atoms with Crippen LogP contribution in [0.15, 0.2) is 30.6 Å². The smallest absolute Gasteiger partial charge is 0.0798 e. The van der Waals surface area contributed by atoms with Gasteiger partial charge in [-0.15, -0.1) is 0 Å². The number of aliphatic hydroxyl groups excluding tert-OH is 1. The standard InChI is InChI=1S/C9H10N2O/c1-7(12)8-6-10-11-5-3-2-4-9(8)11/h2-7,12H,1H3. The fourth-order valence-corrected chi connectivity index (χ4v) is 1.28. The molecular weight excluding hydrogens is 152 g/mol. The van der Waals surface area contributed by atoms with Crippen molar-refractivity contribution in [1.29, 1.82) is 0 Å². The fraction of sp³-hybridized carbons (Fsp3) is 0.222. The van der Waals surface area contributed by atoms with E-state index in [4.69, 9.17) is 0 Å². The SMILES string of the molecule is CC(O)c1cnn2ccccc12. The summed E-state index contributed by atoms with van der Waals surface area (Å²) in [6, 6.07) is 5.78. The van der Waals surface area contributed by atoms with Crippen molar-refractivity contribution in [3.8, 4) is 0 Å². The average molecular weight is 162 g/mol. The summed E-state index contributed by atoms with van der Waals surface area (Å²) in [6.45, 7) is 1.74. The maximum Gasteiger partial charge on any atom is 0.0798 e. The average Bonchev–Trinajstić information content (AvgIpc) is 2.47. The molecule has 0 aromatic carbocycles. The van der Waals surface area contributed by atoms with E-state index >= 15 is 0 Å². The van der Waals surface area contributed by atoms with Crippen molar-refractivity contribution in [3.05, 3.63) is 36.2 Å². The first-order valence-corrected chi connectivity index (χ1v) is 3.89. The third kappa shape index (κ3) is 0.987. The van der Waals surface area contributed by atoms with Crippen LogP contribution in [-0.2, 0) is 0 Å². The zero-order valence-electron chi connectivity index (χ0n) is 6.81. The second-order valence-electron chi connectivity index (χ2n) is 2.81. The highest BCUT2D eigenvalue weighted by molar-refractivity contribution is 5.54. The molecule has 2 aromatic rings. The first kappa shape index (κ1) is 7.31. The van der Waals surface area contributed by atoms with E-state index in [1.54, 1.807) is 17.6 Å². The number of pyridine rings is 1. The topological polar surface area (TPSA) is 37.5 Å². The minimum Gasteiger partial charge on any atom is -0.389 e. The molecule has 2 rings (SSSR count). The minimum absolute atomic E-state index is 0.454. The molecule has 2 heterocycles. The quantitative estimate of drug-likeness (QED) is 0.688. The van der Waals surface area contributed by atoms with Crippen molar-refractivity contribution in [2.45, 2.75) is 13.0 Å². The molecule has 3 nitrogen and oxygen atoms in total. The van der Waals surface area contributed by atoms with Gasteiger partial charge in [0, 0.05) is 11.8 Å². The van der Waals surface area contributed by atoms with Gasteiger partial charge in [-0.2, -0.15) is 5.10 Å². The second kappa shape index (κ2) is 2.60. The number of aromatic nitrogens is 2. The van der Waals surface area contributed by atoms with Gasteiger partial charge in [0.15, 0.2) is 0 Å². The van der Waals surface area contributed by atoms with Crippen molar-refractivity contribution in [1.82, 2.24) is 9.61 Å². The molecule has 12 heavy (non-hydrogen) atoms. The number of hydrogen-bond acceptors (Lipinski definition) is 2. The molecule has 0 aliphatic carbocycles. The van der Waals surface area contributed by atoms with Crippen molar-refractivity contribution >= 4 is 5.52 Å². The van der Waals surface area contributed by atoms with Crippen molar-refractivity contribution in [2.24, 2.45) is 0 Å². The van der Waals surface area contributed by atoms with Crippen LogP contribution in [0, 0.1) is 0 Å². The zero-order valence-corrected chi connectivity index (χ0v) is 6.81. The molecule has 0 radical (unpaired) electrons. The van der Waals surface area contributed by atoms with E-state index in [1.807, 2.05) is 24.4 Å². The minimum atomic E-state index is -0.454. The van der Waals surface area contributed by atoms with Gasteiger partial charge in [-0.1, -0.05) is 6.07 Å². The van der Waals surface area contributed by atoms with Gasteiger partial charge in [0.25, 0.3) is 0 Å².